The average Bonchev–Trinajstić information content (AvgIpc) is 2.82. The molecule has 2 atom stereocenters. The second-order valence-corrected chi connectivity index (χ2v) is 7.65. The van der Waals surface area contributed by atoms with Gasteiger partial charge in [-0.25, -0.2) is 8.78 Å². The average molecular weight is 452 g/mol. The normalized spacial score (nSPS) is 17.4. The van der Waals surface area contributed by atoms with Crippen molar-refractivity contribution in [1.29, 1.82) is 0 Å². The minimum absolute atomic E-state index is 0.149. The van der Waals surface area contributed by atoms with Crippen molar-refractivity contribution in [2.24, 2.45) is 0 Å². The van der Waals surface area contributed by atoms with E-state index in [4.69, 9.17) is 9.47 Å². The van der Waals surface area contributed by atoms with Crippen LogP contribution in [0.3, 0.4) is 0 Å². The van der Waals surface area contributed by atoms with Crippen LogP contribution in [-0.2, 0) is 4.79 Å². The van der Waals surface area contributed by atoms with Crippen molar-refractivity contribution in [3.05, 3.63) is 89.0 Å². The number of benzene rings is 3. The Labute approximate surface area is 189 Å². The number of fused-ring (bicyclic) bond motifs is 1. The Morgan fingerprint density at radius 3 is 2.39 bits per heavy atom. The second-order valence-electron chi connectivity index (χ2n) is 7.65. The SMILES string of the molecule is COc1ccc([C@@H]2[C@H](C(=O)Nc3ccc(F)cc3F)c3ccccc3C(=O)N2C)cc1OC. The number of ether oxygens (including phenoxy) is 2. The Balaban J connectivity index is 1.83. The van der Waals surface area contributed by atoms with Gasteiger partial charge in [-0.05, 0) is 41.5 Å². The van der Waals surface area contributed by atoms with Crippen LogP contribution in [0.1, 0.15) is 33.4 Å². The first-order valence-electron chi connectivity index (χ1n) is 10.2. The summed E-state index contributed by atoms with van der Waals surface area (Å²) in [6, 6.07) is 14.2. The molecule has 0 saturated heterocycles. The summed E-state index contributed by atoms with van der Waals surface area (Å²) in [5, 5.41) is 2.56. The van der Waals surface area contributed by atoms with Crippen molar-refractivity contribution in [2.75, 3.05) is 26.6 Å². The summed E-state index contributed by atoms with van der Waals surface area (Å²) in [4.78, 5) is 28.1. The number of halogens is 2. The molecule has 0 aromatic heterocycles. The second kappa shape index (κ2) is 8.90. The predicted octanol–water partition coefficient (Wildman–Crippen LogP) is 4.53. The molecule has 1 heterocycles. The van der Waals surface area contributed by atoms with Crippen LogP contribution >= 0.6 is 0 Å². The van der Waals surface area contributed by atoms with Crippen molar-refractivity contribution >= 4 is 17.5 Å². The molecule has 4 rings (SSSR count). The summed E-state index contributed by atoms with van der Waals surface area (Å²) in [5.41, 5.74) is 1.39. The highest BCUT2D eigenvalue weighted by atomic mass is 19.1. The number of likely N-dealkylation sites (N-methyl/N-ethyl adjacent to an activating group) is 1. The molecular formula is C25H22F2N2O4. The summed E-state index contributed by atoms with van der Waals surface area (Å²) in [6.45, 7) is 0. The molecule has 2 amide bonds. The van der Waals surface area contributed by atoms with Crippen LogP contribution in [0.25, 0.3) is 0 Å². The van der Waals surface area contributed by atoms with Crippen molar-refractivity contribution in [3.63, 3.8) is 0 Å². The van der Waals surface area contributed by atoms with E-state index >= 15 is 0 Å². The quantitative estimate of drug-likeness (QED) is 0.618. The molecule has 3 aromatic carbocycles. The van der Waals surface area contributed by atoms with E-state index in [1.54, 1.807) is 49.5 Å². The molecule has 1 aliphatic rings. The fraction of sp³-hybridized carbons (Fsp3) is 0.200. The topological polar surface area (TPSA) is 67.9 Å². The van der Waals surface area contributed by atoms with Gasteiger partial charge in [-0.3, -0.25) is 9.59 Å². The van der Waals surface area contributed by atoms with E-state index < -0.39 is 29.5 Å². The van der Waals surface area contributed by atoms with Crippen molar-refractivity contribution in [3.8, 4) is 11.5 Å². The fourth-order valence-electron chi connectivity index (χ4n) is 4.21. The maximum Gasteiger partial charge on any atom is 0.254 e. The largest absolute Gasteiger partial charge is 0.493 e. The monoisotopic (exact) mass is 452 g/mol. The number of carbonyl (C=O) groups excluding carboxylic acids is 2. The molecule has 0 saturated carbocycles. The zero-order valence-corrected chi connectivity index (χ0v) is 18.3. The van der Waals surface area contributed by atoms with Crippen molar-refractivity contribution in [1.82, 2.24) is 4.90 Å². The molecule has 170 valence electrons. The highest BCUT2D eigenvalue weighted by Gasteiger charge is 2.43. The number of carbonyl (C=O) groups is 2. The number of rotatable bonds is 5. The van der Waals surface area contributed by atoms with E-state index in [-0.39, 0.29) is 11.6 Å². The van der Waals surface area contributed by atoms with Crippen LogP contribution in [0.2, 0.25) is 0 Å². The summed E-state index contributed by atoms with van der Waals surface area (Å²) in [7, 11) is 4.62. The van der Waals surface area contributed by atoms with Gasteiger partial charge >= 0.3 is 0 Å². The molecule has 6 nitrogen and oxygen atoms in total. The number of hydrogen-bond donors (Lipinski definition) is 1. The Hall–Kier alpha value is -3.94. The zero-order chi connectivity index (χ0) is 23.7. The molecule has 0 aliphatic carbocycles. The van der Waals surface area contributed by atoms with E-state index in [1.807, 2.05) is 0 Å². The lowest BCUT2D eigenvalue weighted by Crippen LogP contribution is -2.44. The van der Waals surface area contributed by atoms with Crippen LogP contribution in [-0.4, -0.2) is 38.0 Å². The van der Waals surface area contributed by atoms with Crippen molar-refractivity contribution in [2.45, 2.75) is 12.0 Å². The summed E-state index contributed by atoms with van der Waals surface area (Å²) >= 11 is 0. The third kappa shape index (κ3) is 4.00. The van der Waals surface area contributed by atoms with Gasteiger partial charge in [-0.15, -0.1) is 0 Å². The van der Waals surface area contributed by atoms with Gasteiger partial charge < -0.3 is 19.7 Å². The molecule has 33 heavy (non-hydrogen) atoms. The number of amides is 2. The third-order valence-corrected chi connectivity index (χ3v) is 5.80. The Morgan fingerprint density at radius 2 is 1.70 bits per heavy atom. The molecule has 1 aliphatic heterocycles. The van der Waals surface area contributed by atoms with Gasteiger partial charge in [0.25, 0.3) is 5.91 Å². The van der Waals surface area contributed by atoms with Gasteiger partial charge in [0.2, 0.25) is 5.91 Å². The molecule has 0 radical (unpaired) electrons. The third-order valence-electron chi connectivity index (χ3n) is 5.80. The van der Waals surface area contributed by atoms with Gasteiger partial charge in [-0.2, -0.15) is 0 Å². The predicted molar refractivity (Wildman–Crippen MR) is 119 cm³/mol. The first-order chi connectivity index (χ1) is 15.8. The van der Waals surface area contributed by atoms with Crippen LogP contribution in [0.5, 0.6) is 11.5 Å². The Morgan fingerprint density at radius 1 is 0.970 bits per heavy atom. The molecule has 0 spiro atoms. The Bertz CT molecular complexity index is 1230. The molecule has 0 fully saturated rings. The minimum atomic E-state index is -0.889. The van der Waals surface area contributed by atoms with Gasteiger partial charge in [0.1, 0.15) is 11.6 Å². The number of methoxy groups -OCH3 is 2. The van der Waals surface area contributed by atoms with Crippen LogP contribution in [0.15, 0.2) is 60.7 Å². The molecule has 8 heteroatoms. The maximum absolute atomic E-state index is 14.3. The lowest BCUT2D eigenvalue weighted by Gasteiger charge is -2.40. The Kier molecular flexibility index (Phi) is 6.00. The van der Waals surface area contributed by atoms with Crippen LogP contribution < -0.4 is 14.8 Å². The van der Waals surface area contributed by atoms with E-state index in [0.29, 0.717) is 34.3 Å². The smallest absolute Gasteiger partial charge is 0.254 e. The molecule has 1 N–H and O–H groups in total. The van der Waals surface area contributed by atoms with E-state index in [2.05, 4.69) is 5.32 Å². The van der Waals surface area contributed by atoms with Gasteiger partial charge in [0, 0.05) is 18.7 Å². The lowest BCUT2D eigenvalue weighted by molar-refractivity contribution is -0.119. The highest BCUT2D eigenvalue weighted by molar-refractivity contribution is 6.04. The minimum Gasteiger partial charge on any atom is -0.493 e. The molecule has 0 bridgehead atoms. The maximum atomic E-state index is 14.3. The molecule has 3 aromatic rings. The molecule has 0 unspecified atom stereocenters. The molecular weight excluding hydrogens is 430 g/mol. The first kappa shape index (κ1) is 22.3. The summed E-state index contributed by atoms with van der Waals surface area (Å²) in [6.07, 6.45) is 0. The first-order valence-corrected chi connectivity index (χ1v) is 10.2. The number of nitrogens with zero attached hydrogens (tertiary/aromatic N) is 1. The van der Waals surface area contributed by atoms with Gasteiger partial charge in [0.05, 0.1) is 31.9 Å². The summed E-state index contributed by atoms with van der Waals surface area (Å²) in [5.74, 6) is -2.35. The van der Waals surface area contributed by atoms with E-state index in [9.17, 15) is 18.4 Å². The van der Waals surface area contributed by atoms with Crippen molar-refractivity contribution < 1.29 is 27.8 Å². The number of hydrogen-bond acceptors (Lipinski definition) is 4. The number of nitrogens with one attached hydrogen (secondary N) is 1. The summed E-state index contributed by atoms with van der Waals surface area (Å²) < 4.78 is 38.3. The standard InChI is InChI=1S/C25H22F2N2O4/c1-29-23(14-8-11-20(32-2)21(12-14)33-3)22(16-6-4-5-7-17(16)25(29)31)24(30)28-19-10-9-15(26)13-18(19)27/h4-13,22-23H,1-3H3,(H,28,30)/t22-,23-/m1/s1. The van der Waals surface area contributed by atoms with Crippen LogP contribution in [0, 0.1) is 11.6 Å². The highest BCUT2D eigenvalue weighted by Crippen LogP contribution is 2.44. The number of anilines is 1. The lowest BCUT2D eigenvalue weighted by atomic mass is 9.79. The zero-order valence-electron chi connectivity index (χ0n) is 18.3. The van der Waals surface area contributed by atoms with Gasteiger partial charge in [-0.1, -0.05) is 24.3 Å². The van der Waals surface area contributed by atoms with E-state index in [1.165, 1.54) is 19.1 Å². The van der Waals surface area contributed by atoms with Crippen LogP contribution in [0.4, 0.5) is 14.5 Å². The fourth-order valence-corrected chi connectivity index (χ4v) is 4.21. The van der Waals surface area contributed by atoms with E-state index in [0.717, 1.165) is 12.1 Å². The van der Waals surface area contributed by atoms with Gasteiger partial charge in [0.15, 0.2) is 11.5 Å².